The molecule has 1 saturated heterocycles. The molecule has 9 heteroatoms. The van der Waals surface area contributed by atoms with Crippen molar-refractivity contribution >= 4 is 33.5 Å². The molecule has 1 aliphatic carbocycles. The minimum Gasteiger partial charge on any atom is -0.352 e. The summed E-state index contributed by atoms with van der Waals surface area (Å²) in [5.41, 5.74) is 0.876. The van der Waals surface area contributed by atoms with Crippen molar-refractivity contribution in [3.8, 4) is 0 Å². The number of nitrogens with zero attached hydrogens (tertiary/aromatic N) is 8. The lowest BCUT2D eigenvalue weighted by atomic mass is 10.3. The van der Waals surface area contributed by atoms with E-state index in [-0.39, 0.29) is 0 Å². The molecule has 4 heterocycles. The Balaban J connectivity index is 1.33. The Morgan fingerprint density at radius 3 is 2.67 bits per heavy atom. The van der Waals surface area contributed by atoms with Crippen molar-refractivity contribution in [1.29, 1.82) is 0 Å². The molecule has 124 valence electrons. The van der Waals surface area contributed by atoms with Crippen LogP contribution in [-0.2, 0) is 7.05 Å². The Kier molecular flexibility index (Phi) is 3.15. The quantitative estimate of drug-likeness (QED) is 0.712. The largest absolute Gasteiger partial charge is 0.352 e. The van der Waals surface area contributed by atoms with Crippen LogP contribution in [-0.4, -0.2) is 55.3 Å². The Hall–Kier alpha value is -2.29. The highest BCUT2D eigenvalue weighted by atomic mass is 32.1. The summed E-state index contributed by atoms with van der Waals surface area (Å²) in [4.78, 5) is 18.2. The average molecular weight is 342 g/mol. The van der Waals surface area contributed by atoms with Crippen LogP contribution in [0.1, 0.15) is 24.6 Å². The summed E-state index contributed by atoms with van der Waals surface area (Å²) in [5.74, 6) is 2.64. The van der Waals surface area contributed by atoms with Gasteiger partial charge in [-0.25, -0.2) is 15.0 Å². The number of aryl methyl sites for hydroxylation is 1. The minimum atomic E-state index is 0.621. The number of anilines is 2. The fourth-order valence-electron chi connectivity index (χ4n) is 3.17. The van der Waals surface area contributed by atoms with E-state index < -0.39 is 0 Å². The highest BCUT2D eigenvalue weighted by Crippen LogP contribution is 2.39. The first kappa shape index (κ1) is 14.1. The summed E-state index contributed by atoms with van der Waals surface area (Å²) >= 11 is 1.53. The van der Waals surface area contributed by atoms with Crippen LogP contribution < -0.4 is 9.80 Å². The fourth-order valence-corrected chi connectivity index (χ4v) is 3.97. The van der Waals surface area contributed by atoms with E-state index in [4.69, 9.17) is 4.98 Å². The van der Waals surface area contributed by atoms with Crippen LogP contribution in [0.2, 0.25) is 0 Å². The molecule has 0 radical (unpaired) electrons. The van der Waals surface area contributed by atoms with Gasteiger partial charge in [-0.1, -0.05) is 0 Å². The maximum absolute atomic E-state index is 4.72. The summed E-state index contributed by atoms with van der Waals surface area (Å²) in [5, 5.41) is 6.37. The molecule has 0 amide bonds. The van der Waals surface area contributed by atoms with Crippen LogP contribution in [0, 0.1) is 0 Å². The molecule has 0 bridgehead atoms. The molecule has 1 saturated carbocycles. The maximum Gasteiger partial charge on any atom is 0.205 e. The molecule has 1 aliphatic heterocycles. The lowest BCUT2D eigenvalue weighted by Crippen LogP contribution is -2.46. The van der Waals surface area contributed by atoms with Gasteiger partial charge in [0.15, 0.2) is 5.65 Å². The molecule has 24 heavy (non-hydrogen) atoms. The Bertz CT molecular complexity index is 875. The second-order valence-electron chi connectivity index (χ2n) is 6.39. The average Bonchev–Trinajstić information content (AvgIpc) is 3.24. The van der Waals surface area contributed by atoms with Crippen LogP contribution in [0.4, 0.5) is 10.9 Å². The highest BCUT2D eigenvalue weighted by Gasteiger charge is 2.29. The maximum atomic E-state index is 4.72. The molecular weight excluding hydrogens is 324 g/mol. The second kappa shape index (κ2) is 5.37. The van der Waals surface area contributed by atoms with Crippen LogP contribution in [0.3, 0.4) is 0 Å². The lowest BCUT2D eigenvalue weighted by Gasteiger charge is -2.35. The van der Waals surface area contributed by atoms with Gasteiger partial charge in [0.05, 0.1) is 11.6 Å². The van der Waals surface area contributed by atoms with Crippen molar-refractivity contribution in [2.75, 3.05) is 36.0 Å². The van der Waals surface area contributed by atoms with Crippen LogP contribution in [0.5, 0.6) is 0 Å². The van der Waals surface area contributed by atoms with E-state index in [0.29, 0.717) is 5.92 Å². The third-order valence-electron chi connectivity index (χ3n) is 4.73. The van der Waals surface area contributed by atoms with Gasteiger partial charge in [-0.3, -0.25) is 4.68 Å². The molecule has 0 atom stereocenters. The van der Waals surface area contributed by atoms with Gasteiger partial charge >= 0.3 is 0 Å². The standard InChI is InChI=1S/C15H18N8S/c1-21-13-11(8-18-21)14(17-9-16-13)22-4-6-23(7-5-22)15-19-12(20-24-15)10-2-3-10/h8-10H,2-7H2,1H3. The summed E-state index contributed by atoms with van der Waals surface area (Å²) in [6.45, 7) is 3.70. The van der Waals surface area contributed by atoms with Crippen molar-refractivity contribution in [1.82, 2.24) is 29.1 Å². The van der Waals surface area contributed by atoms with Gasteiger partial charge in [0.2, 0.25) is 5.13 Å². The van der Waals surface area contributed by atoms with E-state index >= 15 is 0 Å². The molecule has 8 nitrogen and oxygen atoms in total. The van der Waals surface area contributed by atoms with Crippen LogP contribution >= 0.6 is 11.5 Å². The van der Waals surface area contributed by atoms with E-state index in [1.165, 1.54) is 24.4 Å². The predicted octanol–water partition coefficient (Wildman–Crippen LogP) is 1.42. The Morgan fingerprint density at radius 1 is 1.08 bits per heavy atom. The second-order valence-corrected chi connectivity index (χ2v) is 7.12. The molecule has 3 aromatic rings. The first-order chi connectivity index (χ1) is 11.8. The van der Waals surface area contributed by atoms with E-state index in [9.17, 15) is 0 Å². The topological polar surface area (TPSA) is 75.9 Å². The molecule has 0 spiro atoms. The van der Waals surface area contributed by atoms with Gasteiger partial charge in [0.25, 0.3) is 0 Å². The fraction of sp³-hybridized carbons (Fsp3) is 0.533. The van der Waals surface area contributed by atoms with Gasteiger partial charge in [-0.15, -0.1) is 0 Å². The molecule has 0 unspecified atom stereocenters. The predicted molar refractivity (Wildman–Crippen MR) is 92.6 cm³/mol. The first-order valence-corrected chi connectivity index (χ1v) is 9.03. The number of aromatic nitrogens is 6. The van der Waals surface area contributed by atoms with Gasteiger partial charge in [-0.05, 0) is 12.8 Å². The normalized spacial score (nSPS) is 18.5. The van der Waals surface area contributed by atoms with E-state index in [0.717, 1.165) is 54.0 Å². The summed E-state index contributed by atoms with van der Waals surface area (Å²) in [6.07, 6.45) is 5.97. The first-order valence-electron chi connectivity index (χ1n) is 8.26. The summed E-state index contributed by atoms with van der Waals surface area (Å²) < 4.78 is 6.31. The zero-order chi connectivity index (χ0) is 16.1. The van der Waals surface area contributed by atoms with Crippen molar-refractivity contribution in [3.63, 3.8) is 0 Å². The van der Waals surface area contributed by atoms with Crippen molar-refractivity contribution in [2.45, 2.75) is 18.8 Å². The number of fused-ring (bicyclic) bond motifs is 1. The zero-order valence-electron chi connectivity index (χ0n) is 13.5. The third kappa shape index (κ3) is 2.31. The molecule has 0 aromatic carbocycles. The Labute approximate surface area is 143 Å². The molecule has 2 fully saturated rings. The SMILES string of the molecule is Cn1ncc2c(N3CCN(c4nc(C5CC5)ns4)CC3)ncnc21. The number of hydrogen-bond donors (Lipinski definition) is 0. The van der Waals surface area contributed by atoms with Crippen LogP contribution in [0.25, 0.3) is 11.0 Å². The van der Waals surface area contributed by atoms with E-state index in [2.05, 4.69) is 29.2 Å². The van der Waals surface area contributed by atoms with Gasteiger partial charge in [0.1, 0.15) is 18.0 Å². The molecular formula is C15H18N8S. The highest BCUT2D eigenvalue weighted by molar-refractivity contribution is 7.09. The monoisotopic (exact) mass is 342 g/mol. The van der Waals surface area contributed by atoms with Crippen molar-refractivity contribution in [2.24, 2.45) is 7.05 Å². The number of piperazine rings is 1. The third-order valence-corrected chi connectivity index (χ3v) is 5.52. The van der Waals surface area contributed by atoms with Gasteiger partial charge in [-0.2, -0.15) is 9.47 Å². The van der Waals surface area contributed by atoms with Crippen molar-refractivity contribution in [3.05, 3.63) is 18.3 Å². The lowest BCUT2D eigenvalue weighted by molar-refractivity contribution is 0.646. The Morgan fingerprint density at radius 2 is 1.88 bits per heavy atom. The van der Waals surface area contributed by atoms with Gasteiger partial charge in [0, 0.05) is 50.7 Å². The summed E-state index contributed by atoms with van der Waals surface area (Å²) in [7, 11) is 1.91. The molecule has 2 aliphatic rings. The minimum absolute atomic E-state index is 0.621. The smallest absolute Gasteiger partial charge is 0.205 e. The van der Waals surface area contributed by atoms with Crippen LogP contribution in [0.15, 0.2) is 12.5 Å². The molecule has 3 aromatic heterocycles. The van der Waals surface area contributed by atoms with Crippen molar-refractivity contribution < 1.29 is 0 Å². The number of rotatable bonds is 3. The zero-order valence-corrected chi connectivity index (χ0v) is 14.3. The molecule has 5 rings (SSSR count). The number of hydrogen-bond acceptors (Lipinski definition) is 8. The summed E-state index contributed by atoms with van der Waals surface area (Å²) in [6, 6.07) is 0. The molecule has 0 N–H and O–H groups in total. The van der Waals surface area contributed by atoms with Gasteiger partial charge < -0.3 is 9.80 Å². The van der Waals surface area contributed by atoms with E-state index in [1.807, 2.05) is 13.2 Å². The van der Waals surface area contributed by atoms with E-state index in [1.54, 1.807) is 11.0 Å².